The van der Waals surface area contributed by atoms with Gasteiger partial charge < -0.3 is 21.7 Å². The lowest BCUT2D eigenvalue weighted by Crippen LogP contribution is -2.22. The average Bonchev–Trinajstić information content (AvgIpc) is 3.32. The van der Waals surface area contributed by atoms with E-state index in [2.05, 4.69) is 24.5 Å². The Morgan fingerprint density at radius 2 is 1.75 bits per heavy atom. The van der Waals surface area contributed by atoms with Gasteiger partial charge in [-0.1, -0.05) is 17.3 Å². The van der Waals surface area contributed by atoms with Crippen LogP contribution in [0.15, 0.2) is 67.4 Å². The molecule has 0 amide bonds. The van der Waals surface area contributed by atoms with E-state index in [9.17, 15) is 13.0 Å². The molecule has 0 radical (unpaired) electrons. The summed E-state index contributed by atoms with van der Waals surface area (Å²) in [5.74, 6) is -1.82. The molecule has 1 unspecified atom stereocenters. The van der Waals surface area contributed by atoms with E-state index in [1.165, 1.54) is 19.3 Å². The zero-order valence-corrected chi connectivity index (χ0v) is 20.1. The van der Waals surface area contributed by atoms with Crippen LogP contribution < -0.4 is 17.2 Å². The topological polar surface area (TPSA) is 172 Å². The summed E-state index contributed by atoms with van der Waals surface area (Å²) in [7, 11) is -0.980. The number of benzene rings is 2. The third-order valence-corrected chi connectivity index (χ3v) is 7.13. The number of nitrogens with zero attached hydrogens (tertiary/aromatic N) is 5. The zero-order valence-electron chi connectivity index (χ0n) is 19.3. The number of guanidine groups is 1. The number of hydrogen-bond acceptors (Lipinski definition) is 8. The normalized spacial score (nSPS) is 12.7. The summed E-state index contributed by atoms with van der Waals surface area (Å²) in [6.07, 6.45) is 3.01. The van der Waals surface area contributed by atoms with Crippen molar-refractivity contribution in [3.63, 3.8) is 0 Å². The minimum absolute atomic E-state index is 0.0351. The van der Waals surface area contributed by atoms with Gasteiger partial charge in [-0.25, -0.2) is 32.3 Å². The fraction of sp³-hybridized carbons (Fsp3) is 0.130. The molecule has 2 aromatic heterocycles. The highest BCUT2D eigenvalue weighted by atomic mass is 32.2. The Kier molecular flexibility index (Phi) is 6.66. The molecule has 4 rings (SSSR count). The standard InChI is InChI=1S/C23H22F2N8O2S/c1-29-36(2,34)14-5-3-13(4-6-14)18-11-30-22(26)21(32-18)19-9-17(33-35-19)20-15(24)7-12(8-16(20)25)10-31-23(27)28/h3-9,11H,10H2,1-2H3,(H2,26,30)(H4,27,28,31). The first-order valence-electron chi connectivity index (χ1n) is 10.4. The number of rotatable bonds is 6. The molecule has 0 spiro atoms. The second kappa shape index (κ2) is 9.70. The number of nitrogens with two attached hydrogens (primary N) is 3. The Balaban J connectivity index is 1.68. The van der Waals surface area contributed by atoms with Crippen molar-refractivity contribution in [2.45, 2.75) is 11.4 Å². The van der Waals surface area contributed by atoms with Crippen molar-refractivity contribution in [3.8, 4) is 34.0 Å². The first-order valence-corrected chi connectivity index (χ1v) is 12.4. The van der Waals surface area contributed by atoms with Crippen LogP contribution >= 0.6 is 0 Å². The molecule has 2 heterocycles. The number of aliphatic imine (C=N–C) groups is 1. The summed E-state index contributed by atoms with van der Waals surface area (Å²) in [6.45, 7) is -0.0804. The quantitative estimate of drug-likeness (QED) is 0.261. The molecule has 13 heteroatoms. The van der Waals surface area contributed by atoms with Gasteiger partial charge in [0.2, 0.25) is 0 Å². The Morgan fingerprint density at radius 3 is 2.36 bits per heavy atom. The lowest BCUT2D eigenvalue weighted by atomic mass is 10.1. The zero-order chi connectivity index (χ0) is 26.0. The summed E-state index contributed by atoms with van der Waals surface area (Å²) in [4.78, 5) is 13.0. The molecule has 6 N–H and O–H groups in total. The van der Waals surface area contributed by atoms with Crippen molar-refractivity contribution >= 4 is 21.5 Å². The maximum atomic E-state index is 14.7. The molecule has 186 valence electrons. The third kappa shape index (κ3) is 5.00. The molecule has 0 bridgehead atoms. The van der Waals surface area contributed by atoms with Gasteiger partial charge in [-0.15, -0.1) is 0 Å². The Hall–Kier alpha value is -4.39. The van der Waals surface area contributed by atoms with Crippen LogP contribution in [0.2, 0.25) is 0 Å². The SMILES string of the molecule is CN=S(C)(=O)c1ccc(-c2cnc(N)c(-c3cc(-c4c(F)cc(CN=C(N)N)cc4F)no3)n2)cc1. The predicted molar refractivity (Wildman–Crippen MR) is 133 cm³/mol. The molecule has 0 aliphatic heterocycles. The van der Waals surface area contributed by atoms with E-state index in [0.717, 1.165) is 12.1 Å². The van der Waals surface area contributed by atoms with Crippen LogP contribution in [-0.4, -0.2) is 38.6 Å². The van der Waals surface area contributed by atoms with Crippen molar-refractivity contribution < 1.29 is 17.5 Å². The summed E-state index contributed by atoms with van der Waals surface area (Å²) < 4.78 is 51.1. The van der Waals surface area contributed by atoms with Gasteiger partial charge in [0.15, 0.2) is 23.2 Å². The maximum Gasteiger partial charge on any atom is 0.189 e. The van der Waals surface area contributed by atoms with Crippen molar-refractivity contribution in [3.05, 3.63) is 65.9 Å². The van der Waals surface area contributed by atoms with Gasteiger partial charge in [0.1, 0.15) is 17.3 Å². The maximum absolute atomic E-state index is 14.7. The molecule has 0 saturated carbocycles. The molecule has 10 nitrogen and oxygen atoms in total. The first kappa shape index (κ1) is 24.7. The van der Waals surface area contributed by atoms with Crippen LogP contribution in [0.25, 0.3) is 34.0 Å². The molecule has 1 atom stereocenters. The van der Waals surface area contributed by atoms with Crippen molar-refractivity contribution in [1.29, 1.82) is 0 Å². The second-order valence-corrected chi connectivity index (χ2v) is 10.2. The van der Waals surface area contributed by atoms with E-state index in [1.54, 1.807) is 30.5 Å². The smallest absolute Gasteiger partial charge is 0.189 e. The molecule has 0 saturated heterocycles. The van der Waals surface area contributed by atoms with Crippen LogP contribution in [0.1, 0.15) is 5.56 Å². The van der Waals surface area contributed by atoms with Crippen LogP contribution in [0.3, 0.4) is 0 Å². The summed E-state index contributed by atoms with van der Waals surface area (Å²) in [5.41, 5.74) is 17.5. The van der Waals surface area contributed by atoms with Crippen LogP contribution in [0.4, 0.5) is 14.6 Å². The largest absolute Gasteiger partial charge is 0.382 e. The number of anilines is 1. The fourth-order valence-electron chi connectivity index (χ4n) is 3.35. The molecule has 4 aromatic rings. The highest BCUT2D eigenvalue weighted by Gasteiger charge is 2.20. The molecule has 0 aliphatic carbocycles. The lowest BCUT2D eigenvalue weighted by molar-refractivity contribution is 0.432. The van der Waals surface area contributed by atoms with Gasteiger partial charge in [-0.2, -0.15) is 0 Å². The first-order chi connectivity index (χ1) is 17.1. The Bertz CT molecular complexity index is 1570. The number of nitrogen functional groups attached to an aromatic ring is 1. The lowest BCUT2D eigenvalue weighted by Gasteiger charge is -2.07. The van der Waals surface area contributed by atoms with Gasteiger partial charge in [-0.3, -0.25) is 0 Å². The van der Waals surface area contributed by atoms with Gasteiger partial charge in [0.05, 0.1) is 33.7 Å². The third-order valence-electron chi connectivity index (χ3n) is 5.28. The van der Waals surface area contributed by atoms with Crippen LogP contribution in [0, 0.1) is 11.6 Å². The summed E-state index contributed by atoms with van der Waals surface area (Å²) in [5, 5.41) is 3.79. The Morgan fingerprint density at radius 1 is 1.08 bits per heavy atom. The monoisotopic (exact) mass is 512 g/mol. The molecular weight excluding hydrogens is 490 g/mol. The van der Waals surface area contributed by atoms with Crippen molar-refractivity contribution in [2.24, 2.45) is 20.8 Å². The summed E-state index contributed by atoms with van der Waals surface area (Å²) >= 11 is 0. The van der Waals surface area contributed by atoms with E-state index in [-0.39, 0.29) is 46.6 Å². The minimum Gasteiger partial charge on any atom is -0.382 e. The molecular formula is C23H22F2N8O2S. The minimum atomic E-state index is -2.48. The molecule has 36 heavy (non-hydrogen) atoms. The molecule has 0 aliphatic rings. The van der Waals surface area contributed by atoms with Crippen LogP contribution in [-0.2, 0) is 16.3 Å². The predicted octanol–water partition coefficient (Wildman–Crippen LogP) is 3.19. The second-order valence-electron chi connectivity index (χ2n) is 7.75. The van der Waals surface area contributed by atoms with Gasteiger partial charge >= 0.3 is 0 Å². The molecule has 2 aromatic carbocycles. The van der Waals surface area contributed by atoms with Crippen LogP contribution in [0.5, 0.6) is 0 Å². The summed E-state index contributed by atoms with van der Waals surface area (Å²) in [6, 6.07) is 10.4. The number of halogens is 2. The van der Waals surface area contributed by atoms with Gasteiger partial charge in [-0.05, 0) is 29.8 Å². The van der Waals surface area contributed by atoms with Crippen molar-refractivity contribution in [1.82, 2.24) is 15.1 Å². The van der Waals surface area contributed by atoms with E-state index in [0.29, 0.717) is 16.2 Å². The number of hydrogen-bond donors (Lipinski definition) is 3. The highest BCUT2D eigenvalue weighted by molar-refractivity contribution is 7.93. The van der Waals surface area contributed by atoms with E-state index < -0.39 is 21.4 Å². The number of aromatic nitrogens is 3. The molecule has 0 fully saturated rings. The fourth-order valence-corrected chi connectivity index (χ4v) is 4.20. The highest BCUT2D eigenvalue weighted by Crippen LogP contribution is 2.32. The average molecular weight is 513 g/mol. The van der Waals surface area contributed by atoms with Crippen molar-refractivity contribution in [2.75, 3.05) is 19.0 Å². The van der Waals surface area contributed by atoms with E-state index >= 15 is 0 Å². The van der Waals surface area contributed by atoms with E-state index in [1.807, 2.05) is 0 Å². The van der Waals surface area contributed by atoms with Gasteiger partial charge in [0, 0.05) is 29.8 Å². The van der Waals surface area contributed by atoms with Gasteiger partial charge in [0.25, 0.3) is 0 Å². The Labute approximate surface area is 205 Å². The van der Waals surface area contributed by atoms with E-state index in [4.69, 9.17) is 21.7 Å².